The van der Waals surface area contributed by atoms with Crippen LogP contribution in [0.5, 0.6) is 5.75 Å². The molecule has 0 radical (unpaired) electrons. The van der Waals surface area contributed by atoms with Crippen LogP contribution in [-0.2, 0) is 5.41 Å². The molecule has 10 aromatic rings. The summed E-state index contributed by atoms with van der Waals surface area (Å²) in [7, 11) is 0. The van der Waals surface area contributed by atoms with Crippen molar-refractivity contribution in [3.63, 3.8) is 0 Å². The second-order valence-electron chi connectivity index (χ2n) is 17.2. The van der Waals surface area contributed by atoms with Crippen LogP contribution in [0.25, 0.3) is 88.0 Å². The van der Waals surface area contributed by atoms with E-state index in [4.69, 9.17) is 9.15 Å². The molecule has 0 fully saturated rings. The van der Waals surface area contributed by atoms with Gasteiger partial charge in [-0.25, -0.2) is 0 Å². The molecule has 9 aromatic carbocycles. The fourth-order valence-electron chi connectivity index (χ4n) is 11.7. The van der Waals surface area contributed by atoms with E-state index in [2.05, 4.69) is 189 Å². The molecule has 14 rings (SSSR count). The number of rotatable bonds is 2. The Hall–Kier alpha value is -7.42. The normalized spacial score (nSPS) is 19.1. The highest BCUT2D eigenvalue weighted by Gasteiger charge is 2.50. The van der Waals surface area contributed by atoms with E-state index in [9.17, 15) is 0 Å². The monoisotopic (exact) mass is 764 g/mol. The average molecular weight is 765 g/mol. The van der Waals surface area contributed by atoms with Gasteiger partial charge in [-0.1, -0.05) is 158 Å². The SMILES string of the molecule is CC12CC=C(c3cccc4oc5ccccc5c34)C=C1c1cccc3c(-c4ccc5c(c4)C4(c6ccccc6-5)c5ccccc5-c5cccc6cccc4c56)ccc(c13)O2. The van der Waals surface area contributed by atoms with E-state index in [1.165, 1.54) is 99.5 Å². The van der Waals surface area contributed by atoms with E-state index in [1.54, 1.807) is 0 Å². The van der Waals surface area contributed by atoms with Gasteiger partial charge in [-0.3, -0.25) is 0 Å². The lowest BCUT2D eigenvalue weighted by Crippen LogP contribution is -2.37. The van der Waals surface area contributed by atoms with Gasteiger partial charge in [0.25, 0.3) is 0 Å². The van der Waals surface area contributed by atoms with E-state index in [0.717, 1.165) is 34.1 Å². The van der Waals surface area contributed by atoms with Crippen molar-refractivity contribution in [3.8, 4) is 39.1 Å². The summed E-state index contributed by atoms with van der Waals surface area (Å²) in [5, 5.41) is 7.31. The van der Waals surface area contributed by atoms with Crippen molar-refractivity contribution >= 4 is 54.6 Å². The number of benzene rings is 9. The number of hydrogen-bond donors (Lipinski definition) is 0. The molecule has 1 aliphatic heterocycles. The van der Waals surface area contributed by atoms with Gasteiger partial charge in [-0.15, -0.1) is 0 Å². The Bertz CT molecular complexity index is 3630. The Balaban J connectivity index is 0.982. The number of fused-ring (bicyclic) bond motifs is 14. The molecule has 2 atom stereocenters. The molecule has 2 heteroatoms. The van der Waals surface area contributed by atoms with Crippen molar-refractivity contribution in [1.82, 2.24) is 0 Å². The zero-order chi connectivity index (χ0) is 39.3. The van der Waals surface area contributed by atoms with Gasteiger partial charge < -0.3 is 9.15 Å². The minimum atomic E-state index is -0.490. The molecular weight excluding hydrogens is 729 g/mol. The largest absolute Gasteiger partial charge is 0.482 e. The summed E-state index contributed by atoms with van der Waals surface area (Å²) >= 11 is 0. The maximum absolute atomic E-state index is 7.09. The smallest absolute Gasteiger partial charge is 0.136 e. The van der Waals surface area contributed by atoms with Crippen LogP contribution in [0.3, 0.4) is 0 Å². The second-order valence-corrected chi connectivity index (χ2v) is 17.2. The van der Waals surface area contributed by atoms with Crippen LogP contribution in [-0.4, -0.2) is 5.60 Å². The number of furan rings is 1. The van der Waals surface area contributed by atoms with Crippen LogP contribution in [0, 0.1) is 0 Å². The third kappa shape index (κ3) is 3.99. The van der Waals surface area contributed by atoms with Gasteiger partial charge in [0, 0.05) is 28.2 Å². The number of ether oxygens (including phenoxy) is 1. The molecule has 0 saturated carbocycles. The molecule has 280 valence electrons. The lowest BCUT2D eigenvalue weighted by molar-refractivity contribution is 0.153. The number of allylic oxidation sites excluding steroid dienone is 2. The molecule has 2 heterocycles. The summed E-state index contributed by atoms with van der Waals surface area (Å²) in [5.41, 5.74) is 18.7. The maximum Gasteiger partial charge on any atom is 0.136 e. The van der Waals surface area contributed by atoms with Crippen LogP contribution in [0.4, 0.5) is 0 Å². The first kappa shape index (κ1) is 32.5. The van der Waals surface area contributed by atoms with Crippen molar-refractivity contribution in [2.45, 2.75) is 24.4 Å². The topological polar surface area (TPSA) is 22.4 Å². The summed E-state index contributed by atoms with van der Waals surface area (Å²) in [6.45, 7) is 2.24. The summed E-state index contributed by atoms with van der Waals surface area (Å²) in [6.07, 6.45) is 5.49. The molecule has 0 bridgehead atoms. The fourth-order valence-corrected chi connectivity index (χ4v) is 11.7. The zero-order valence-electron chi connectivity index (χ0n) is 32.9. The number of para-hydroxylation sites is 1. The lowest BCUT2D eigenvalue weighted by Gasteiger charge is -2.40. The lowest BCUT2D eigenvalue weighted by atomic mass is 9.61. The predicted molar refractivity (Wildman–Crippen MR) is 247 cm³/mol. The summed E-state index contributed by atoms with van der Waals surface area (Å²) in [4.78, 5) is 0. The standard InChI is InChI=1S/C58H36O2/c1-57-31-30-36(38-17-11-25-52-55(38)45-16-4-7-24-51(45)59-52)32-49(57)44-20-10-19-42-37(28-29-53(60-57)56(42)44)35-26-27-41-39-14-2-5-21-46(39)58(50(41)33-35)47-22-6-3-15-40(47)43-18-8-12-34-13-9-23-48(58)54(34)43/h2-30,32-33H,31H2,1H3. The van der Waals surface area contributed by atoms with Gasteiger partial charge in [0.15, 0.2) is 0 Å². The molecule has 2 nitrogen and oxygen atoms in total. The van der Waals surface area contributed by atoms with E-state index >= 15 is 0 Å². The Labute approximate surface area is 347 Å². The van der Waals surface area contributed by atoms with Crippen molar-refractivity contribution in [2.24, 2.45) is 0 Å². The average Bonchev–Trinajstić information content (AvgIpc) is 3.82. The first-order chi connectivity index (χ1) is 29.6. The molecule has 4 aliphatic rings. The molecule has 2 unspecified atom stereocenters. The van der Waals surface area contributed by atoms with Gasteiger partial charge in [-0.05, 0) is 126 Å². The Morgan fingerprint density at radius 3 is 1.97 bits per heavy atom. The highest BCUT2D eigenvalue weighted by atomic mass is 16.5. The number of hydrogen-bond acceptors (Lipinski definition) is 2. The van der Waals surface area contributed by atoms with E-state index < -0.39 is 11.0 Å². The van der Waals surface area contributed by atoms with Gasteiger partial charge in [0.1, 0.15) is 22.5 Å². The molecule has 60 heavy (non-hydrogen) atoms. The minimum Gasteiger partial charge on any atom is -0.482 e. The van der Waals surface area contributed by atoms with Gasteiger partial charge in [0.2, 0.25) is 0 Å². The molecule has 0 N–H and O–H groups in total. The minimum absolute atomic E-state index is 0.470. The van der Waals surface area contributed by atoms with Gasteiger partial charge >= 0.3 is 0 Å². The van der Waals surface area contributed by atoms with Crippen molar-refractivity contribution in [2.75, 3.05) is 0 Å². The second kappa shape index (κ2) is 11.4. The molecule has 3 aliphatic carbocycles. The summed E-state index contributed by atoms with van der Waals surface area (Å²) < 4.78 is 13.4. The predicted octanol–water partition coefficient (Wildman–Crippen LogP) is 14.9. The van der Waals surface area contributed by atoms with Crippen molar-refractivity contribution < 1.29 is 9.15 Å². The molecular formula is C58H36O2. The molecule has 1 aromatic heterocycles. The van der Waals surface area contributed by atoms with Crippen LogP contribution in [0.15, 0.2) is 192 Å². The highest BCUT2D eigenvalue weighted by Crippen LogP contribution is 2.62. The fraction of sp³-hybridized carbons (Fsp3) is 0.0690. The quantitative estimate of drug-likeness (QED) is 0.175. The molecule has 0 saturated heterocycles. The van der Waals surface area contributed by atoms with Gasteiger partial charge in [-0.2, -0.15) is 0 Å². The molecule has 1 spiro atoms. The Kier molecular flexibility index (Phi) is 6.18. The molecule has 0 amide bonds. The van der Waals surface area contributed by atoms with E-state index in [0.29, 0.717) is 0 Å². The van der Waals surface area contributed by atoms with Crippen LogP contribution in [0.1, 0.15) is 46.7 Å². The Morgan fingerprint density at radius 1 is 0.450 bits per heavy atom. The van der Waals surface area contributed by atoms with E-state index in [-0.39, 0.29) is 0 Å². The van der Waals surface area contributed by atoms with Gasteiger partial charge in [0.05, 0.1) is 5.41 Å². The third-order valence-corrected chi connectivity index (χ3v) is 14.2. The van der Waals surface area contributed by atoms with E-state index in [1.807, 2.05) is 6.07 Å². The zero-order valence-corrected chi connectivity index (χ0v) is 32.9. The third-order valence-electron chi connectivity index (χ3n) is 14.2. The van der Waals surface area contributed by atoms with Crippen molar-refractivity contribution in [3.05, 3.63) is 221 Å². The van der Waals surface area contributed by atoms with Crippen LogP contribution < -0.4 is 4.74 Å². The first-order valence-corrected chi connectivity index (χ1v) is 21.1. The van der Waals surface area contributed by atoms with Crippen LogP contribution in [0.2, 0.25) is 0 Å². The summed E-state index contributed by atoms with van der Waals surface area (Å²) in [6, 6.07) is 65.2. The first-order valence-electron chi connectivity index (χ1n) is 21.1. The summed E-state index contributed by atoms with van der Waals surface area (Å²) in [5.74, 6) is 0.943. The maximum atomic E-state index is 7.09. The highest BCUT2D eigenvalue weighted by molar-refractivity contribution is 6.14. The Morgan fingerprint density at radius 2 is 1.08 bits per heavy atom. The van der Waals surface area contributed by atoms with Crippen LogP contribution >= 0.6 is 0 Å². The van der Waals surface area contributed by atoms with Crippen molar-refractivity contribution in [1.29, 1.82) is 0 Å².